The van der Waals surface area contributed by atoms with E-state index in [-0.39, 0.29) is 46.7 Å². The number of hydrogen-bond acceptors (Lipinski definition) is 6. The maximum atomic E-state index is 12.9. The third-order valence-electron chi connectivity index (χ3n) is 6.35. The van der Waals surface area contributed by atoms with Crippen molar-refractivity contribution in [2.45, 2.75) is 40.5 Å². The first kappa shape index (κ1) is 25.9. The molecule has 2 fully saturated rings. The molecule has 3 rings (SSSR count). The highest BCUT2D eigenvalue weighted by Gasteiger charge is 2.43. The van der Waals surface area contributed by atoms with Crippen LogP contribution in [0.1, 0.15) is 38.8 Å². The van der Waals surface area contributed by atoms with Crippen LogP contribution in [0.25, 0.3) is 0 Å². The molecule has 1 aromatic rings. The van der Waals surface area contributed by atoms with Crippen molar-refractivity contribution in [3.8, 4) is 0 Å². The minimum Gasteiger partial charge on any atom is -0.288 e. The van der Waals surface area contributed by atoms with E-state index in [0.29, 0.717) is 26.2 Å². The van der Waals surface area contributed by atoms with Crippen molar-refractivity contribution in [2.75, 3.05) is 26.2 Å². The SMILES string of the molecule is CCN1C(=O)C(Cc2ccc(CC3C(=O)N(CC)C(=S)N(CC)C3=O)cc2)C(=O)N(CC)C1=S. The maximum absolute atomic E-state index is 12.9. The van der Waals surface area contributed by atoms with Crippen molar-refractivity contribution in [1.82, 2.24) is 19.6 Å². The van der Waals surface area contributed by atoms with E-state index in [1.54, 1.807) is 0 Å². The van der Waals surface area contributed by atoms with E-state index >= 15 is 0 Å². The molecule has 0 unspecified atom stereocenters. The zero-order valence-corrected chi connectivity index (χ0v) is 21.6. The number of hydrogen-bond donors (Lipinski definition) is 0. The highest BCUT2D eigenvalue weighted by atomic mass is 32.1. The smallest absolute Gasteiger partial charge is 0.241 e. The number of rotatable bonds is 8. The molecule has 0 bridgehead atoms. The average Bonchev–Trinajstić information content (AvgIpc) is 2.81. The molecule has 2 aliphatic heterocycles. The van der Waals surface area contributed by atoms with E-state index in [1.165, 1.54) is 19.6 Å². The molecule has 0 aliphatic carbocycles. The topological polar surface area (TPSA) is 81.2 Å². The monoisotopic (exact) mass is 502 g/mol. The van der Waals surface area contributed by atoms with Crippen molar-refractivity contribution >= 4 is 58.3 Å². The van der Waals surface area contributed by atoms with Crippen LogP contribution in [0.2, 0.25) is 0 Å². The van der Waals surface area contributed by atoms with Crippen molar-refractivity contribution in [3.63, 3.8) is 0 Å². The lowest BCUT2D eigenvalue weighted by Gasteiger charge is -2.38. The van der Waals surface area contributed by atoms with E-state index in [0.717, 1.165) is 11.1 Å². The largest absolute Gasteiger partial charge is 0.288 e. The fraction of sp³-hybridized carbons (Fsp3) is 0.500. The molecule has 0 atom stereocenters. The van der Waals surface area contributed by atoms with Gasteiger partial charge in [-0.25, -0.2) is 0 Å². The van der Waals surface area contributed by atoms with Gasteiger partial charge in [0.1, 0.15) is 11.8 Å². The van der Waals surface area contributed by atoms with E-state index in [9.17, 15) is 19.2 Å². The zero-order chi connectivity index (χ0) is 25.2. The van der Waals surface area contributed by atoms with Gasteiger partial charge in [0.15, 0.2) is 10.2 Å². The third kappa shape index (κ3) is 4.61. The van der Waals surface area contributed by atoms with Gasteiger partial charge in [0, 0.05) is 26.2 Å². The summed E-state index contributed by atoms with van der Waals surface area (Å²) in [5, 5.41) is 0.519. The summed E-state index contributed by atoms with van der Waals surface area (Å²) in [4.78, 5) is 57.4. The van der Waals surface area contributed by atoms with Gasteiger partial charge in [0.2, 0.25) is 23.6 Å². The zero-order valence-electron chi connectivity index (χ0n) is 19.9. The van der Waals surface area contributed by atoms with Gasteiger partial charge >= 0.3 is 0 Å². The van der Waals surface area contributed by atoms with Crippen LogP contribution in [-0.2, 0) is 32.0 Å². The Bertz CT molecular complexity index is 893. The Kier molecular flexibility index (Phi) is 8.14. The van der Waals surface area contributed by atoms with Gasteiger partial charge in [-0.3, -0.25) is 38.8 Å². The second-order valence-electron chi connectivity index (χ2n) is 8.23. The molecular formula is C24H30N4O4S2. The second-order valence-corrected chi connectivity index (χ2v) is 8.96. The molecule has 0 N–H and O–H groups in total. The summed E-state index contributed by atoms with van der Waals surface area (Å²) in [7, 11) is 0. The number of amides is 4. The molecule has 2 heterocycles. The first-order valence-electron chi connectivity index (χ1n) is 11.6. The van der Waals surface area contributed by atoms with Crippen molar-refractivity contribution in [2.24, 2.45) is 11.8 Å². The highest BCUT2D eigenvalue weighted by Crippen LogP contribution is 2.24. The molecule has 0 spiro atoms. The lowest BCUT2D eigenvalue weighted by molar-refractivity contribution is -0.148. The van der Waals surface area contributed by atoms with Gasteiger partial charge in [0.25, 0.3) is 0 Å². The Morgan fingerprint density at radius 3 is 1.00 bits per heavy atom. The number of nitrogens with zero attached hydrogens (tertiary/aromatic N) is 4. The fourth-order valence-corrected chi connectivity index (χ4v) is 5.30. The van der Waals surface area contributed by atoms with Gasteiger partial charge < -0.3 is 0 Å². The molecule has 8 nitrogen and oxygen atoms in total. The summed E-state index contributed by atoms with van der Waals surface area (Å²) < 4.78 is 0. The van der Waals surface area contributed by atoms with Crippen LogP contribution in [0.5, 0.6) is 0 Å². The van der Waals surface area contributed by atoms with Crippen LogP contribution in [0, 0.1) is 11.8 Å². The molecule has 10 heteroatoms. The Morgan fingerprint density at radius 1 is 0.559 bits per heavy atom. The normalized spacial score (nSPS) is 18.6. The maximum Gasteiger partial charge on any atom is 0.241 e. The molecule has 4 amide bonds. The second kappa shape index (κ2) is 10.7. The predicted octanol–water partition coefficient (Wildman–Crippen LogP) is 1.99. The van der Waals surface area contributed by atoms with Crippen LogP contribution in [0.4, 0.5) is 0 Å². The van der Waals surface area contributed by atoms with Gasteiger partial charge in [-0.15, -0.1) is 0 Å². The molecule has 0 saturated carbocycles. The molecule has 34 heavy (non-hydrogen) atoms. The van der Waals surface area contributed by atoms with Gasteiger partial charge in [0.05, 0.1) is 0 Å². The summed E-state index contributed by atoms with van der Waals surface area (Å²) in [5.74, 6) is -2.76. The molecule has 2 aliphatic rings. The van der Waals surface area contributed by atoms with Crippen molar-refractivity contribution in [3.05, 3.63) is 35.4 Å². The van der Waals surface area contributed by atoms with Crippen LogP contribution >= 0.6 is 24.4 Å². The molecule has 0 radical (unpaired) electrons. The number of carbonyl (C=O) groups excluding carboxylic acids is 4. The highest BCUT2D eigenvalue weighted by molar-refractivity contribution is 7.80. The number of thiocarbonyl (C=S) groups is 2. The van der Waals surface area contributed by atoms with Crippen LogP contribution < -0.4 is 0 Å². The third-order valence-corrected chi connectivity index (χ3v) is 7.23. The van der Waals surface area contributed by atoms with Gasteiger partial charge in [-0.2, -0.15) is 0 Å². The Hall–Kier alpha value is -2.72. The van der Waals surface area contributed by atoms with Crippen LogP contribution in [0.3, 0.4) is 0 Å². The first-order valence-corrected chi connectivity index (χ1v) is 12.4. The molecule has 0 aromatic heterocycles. The van der Waals surface area contributed by atoms with E-state index in [4.69, 9.17) is 24.4 Å². The molecular weight excluding hydrogens is 472 g/mol. The number of benzene rings is 1. The minimum absolute atomic E-state index is 0.259. The van der Waals surface area contributed by atoms with Gasteiger partial charge in [-0.05, 0) is 76.1 Å². The summed E-state index contributed by atoms with van der Waals surface area (Å²) >= 11 is 10.6. The average molecular weight is 503 g/mol. The molecule has 182 valence electrons. The van der Waals surface area contributed by atoms with Gasteiger partial charge in [-0.1, -0.05) is 24.3 Å². The lowest BCUT2D eigenvalue weighted by Crippen LogP contribution is -2.59. The Labute approximate surface area is 210 Å². The molecule has 1 aromatic carbocycles. The fourth-order valence-electron chi connectivity index (χ4n) is 4.43. The summed E-state index contributed by atoms with van der Waals surface area (Å²) in [6.45, 7) is 8.97. The summed E-state index contributed by atoms with van der Waals surface area (Å²) in [6, 6.07) is 7.36. The quantitative estimate of drug-likeness (QED) is 0.400. The van der Waals surface area contributed by atoms with Crippen LogP contribution in [0.15, 0.2) is 24.3 Å². The predicted molar refractivity (Wildman–Crippen MR) is 136 cm³/mol. The lowest BCUT2D eigenvalue weighted by atomic mass is 9.91. The molecule has 2 saturated heterocycles. The first-order chi connectivity index (χ1) is 16.2. The van der Waals surface area contributed by atoms with Crippen LogP contribution in [-0.4, -0.2) is 79.6 Å². The van der Waals surface area contributed by atoms with E-state index < -0.39 is 11.8 Å². The Balaban J connectivity index is 1.76. The standard InChI is InChI=1S/C24H30N4O4S2/c1-5-25-19(29)17(20(30)26(6-2)23(25)33)13-15-9-11-16(12-10-15)14-18-21(31)27(7-3)24(34)28(8-4)22(18)32/h9-12,17-18H,5-8,13-14H2,1-4H3. The minimum atomic E-state index is -0.823. The van der Waals surface area contributed by atoms with E-state index in [1.807, 2.05) is 52.0 Å². The number of carbonyl (C=O) groups is 4. The van der Waals surface area contributed by atoms with Crippen molar-refractivity contribution < 1.29 is 19.2 Å². The summed E-state index contributed by atoms with van der Waals surface area (Å²) in [5.41, 5.74) is 1.64. The van der Waals surface area contributed by atoms with Crippen molar-refractivity contribution in [1.29, 1.82) is 0 Å². The van der Waals surface area contributed by atoms with E-state index in [2.05, 4.69) is 0 Å². The Morgan fingerprint density at radius 2 is 0.794 bits per heavy atom. The summed E-state index contributed by atoms with van der Waals surface area (Å²) in [6.07, 6.45) is 0.521.